The van der Waals surface area contributed by atoms with Crippen LogP contribution in [0.4, 0.5) is 0 Å². The molecule has 0 bridgehead atoms. The maximum absolute atomic E-state index is 12.0. The second kappa shape index (κ2) is 5.18. The molecule has 96 valence electrons. The molecule has 1 amide bonds. The normalized spacial score (nSPS) is 22.7. The Morgan fingerprint density at radius 1 is 1.33 bits per heavy atom. The molecule has 1 aromatic rings. The van der Waals surface area contributed by atoms with E-state index in [0.717, 1.165) is 5.56 Å². The summed E-state index contributed by atoms with van der Waals surface area (Å²) in [6, 6.07) is 6.73. The van der Waals surface area contributed by atoms with Crippen LogP contribution >= 0.6 is 0 Å². The second-order valence-electron chi connectivity index (χ2n) is 4.38. The number of amides is 1. The van der Waals surface area contributed by atoms with E-state index in [2.05, 4.69) is 5.32 Å². The first kappa shape index (κ1) is 12.6. The van der Waals surface area contributed by atoms with Gasteiger partial charge in [0, 0.05) is 5.56 Å². The van der Waals surface area contributed by atoms with Crippen LogP contribution in [-0.2, 0) is 9.53 Å². The summed E-state index contributed by atoms with van der Waals surface area (Å²) in [5.74, 6) is -1.87. The van der Waals surface area contributed by atoms with Crippen LogP contribution in [0.2, 0.25) is 0 Å². The zero-order valence-corrected chi connectivity index (χ0v) is 10.1. The number of aryl methyl sites for hydroxylation is 1. The summed E-state index contributed by atoms with van der Waals surface area (Å²) in [4.78, 5) is 23.0. The van der Waals surface area contributed by atoms with Gasteiger partial charge in [-0.05, 0) is 18.6 Å². The van der Waals surface area contributed by atoms with Gasteiger partial charge in [-0.25, -0.2) is 0 Å². The number of nitrogens with one attached hydrogen (secondary N) is 1. The molecule has 1 heterocycles. The molecule has 0 aliphatic carbocycles. The van der Waals surface area contributed by atoms with E-state index in [1.165, 1.54) is 0 Å². The minimum absolute atomic E-state index is 0.147. The summed E-state index contributed by atoms with van der Waals surface area (Å²) in [6.45, 7) is 2.23. The summed E-state index contributed by atoms with van der Waals surface area (Å²) in [5.41, 5.74) is 1.43. The first-order chi connectivity index (χ1) is 8.59. The van der Waals surface area contributed by atoms with Crippen LogP contribution in [0.5, 0.6) is 0 Å². The molecule has 2 unspecified atom stereocenters. The van der Waals surface area contributed by atoms with Crippen LogP contribution in [0.1, 0.15) is 15.9 Å². The number of benzene rings is 1. The zero-order valence-electron chi connectivity index (χ0n) is 10.1. The Morgan fingerprint density at radius 3 is 2.72 bits per heavy atom. The highest BCUT2D eigenvalue weighted by Gasteiger charge is 2.35. The highest BCUT2D eigenvalue weighted by atomic mass is 16.5. The number of carbonyl (C=O) groups is 2. The lowest BCUT2D eigenvalue weighted by Crippen LogP contribution is -2.42. The predicted octanol–water partition coefficient (Wildman–Crippen LogP) is 0.824. The molecule has 0 aromatic heterocycles. The van der Waals surface area contributed by atoms with Crippen molar-refractivity contribution in [2.24, 2.45) is 5.92 Å². The summed E-state index contributed by atoms with van der Waals surface area (Å²) in [5, 5.41) is 11.7. The van der Waals surface area contributed by atoms with E-state index in [1.807, 2.05) is 19.1 Å². The summed E-state index contributed by atoms with van der Waals surface area (Å²) < 4.78 is 5.10. The first-order valence-electron chi connectivity index (χ1n) is 5.76. The molecule has 1 saturated heterocycles. The number of aliphatic carboxylic acids is 1. The quantitative estimate of drug-likeness (QED) is 0.831. The van der Waals surface area contributed by atoms with Crippen molar-refractivity contribution in [2.45, 2.75) is 13.0 Å². The number of hydrogen-bond acceptors (Lipinski definition) is 3. The highest BCUT2D eigenvalue weighted by molar-refractivity contribution is 5.96. The monoisotopic (exact) mass is 249 g/mol. The fourth-order valence-electron chi connectivity index (χ4n) is 2.01. The van der Waals surface area contributed by atoms with Crippen LogP contribution < -0.4 is 5.32 Å². The molecule has 5 heteroatoms. The van der Waals surface area contributed by atoms with Crippen molar-refractivity contribution >= 4 is 11.9 Å². The van der Waals surface area contributed by atoms with Gasteiger partial charge in [-0.2, -0.15) is 0 Å². The van der Waals surface area contributed by atoms with E-state index >= 15 is 0 Å². The van der Waals surface area contributed by atoms with Crippen molar-refractivity contribution < 1.29 is 19.4 Å². The second-order valence-corrected chi connectivity index (χ2v) is 4.38. The number of hydrogen-bond donors (Lipinski definition) is 2. The van der Waals surface area contributed by atoms with Crippen molar-refractivity contribution in [3.63, 3.8) is 0 Å². The Balaban J connectivity index is 2.08. The molecule has 2 rings (SSSR count). The molecule has 5 nitrogen and oxygen atoms in total. The van der Waals surface area contributed by atoms with Crippen LogP contribution in [0.3, 0.4) is 0 Å². The molecule has 1 aliphatic heterocycles. The van der Waals surface area contributed by atoms with Crippen molar-refractivity contribution in [3.05, 3.63) is 35.4 Å². The maximum Gasteiger partial charge on any atom is 0.311 e. The fraction of sp³-hybridized carbons (Fsp3) is 0.385. The van der Waals surface area contributed by atoms with Gasteiger partial charge in [-0.1, -0.05) is 18.2 Å². The van der Waals surface area contributed by atoms with E-state index in [1.54, 1.807) is 12.1 Å². The Hall–Kier alpha value is -1.88. The largest absolute Gasteiger partial charge is 0.481 e. The van der Waals surface area contributed by atoms with Crippen LogP contribution in [0.25, 0.3) is 0 Å². The van der Waals surface area contributed by atoms with Gasteiger partial charge in [0.2, 0.25) is 0 Å². The average Bonchev–Trinajstić information content (AvgIpc) is 2.77. The molecule has 1 fully saturated rings. The number of ether oxygens (including phenoxy) is 1. The van der Waals surface area contributed by atoms with Gasteiger partial charge in [0.05, 0.1) is 19.3 Å². The first-order valence-corrected chi connectivity index (χ1v) is 5.76. The van der Waals surface area contributed by atoms with Crippen LogP contribution in [0.15, 0.2) is 24.3 Å². The van der Waals surface area contributed by atoms with Crippen LogP contribution in [-0.4, -0.2) is 36.2 Å². The van der Waals surface area contributed by atoms with E-state index in [9.17, 15) is 9.59 Å². The molecular weight excluding hydrogens is 234 g/mol. The Labute approximate surface area is 105 Å². The molecule has 18 heavy (non-hydrogen) atoms. The summed E-state index contributed by atoms with van der Waals surface area (Å²) in [6.07, 6.45) is 0. The Bertz CT molecular complexity index is 472. The van der Waals surface area contributed by atoms with Gasteiger partial charge >= 0.3 is 5.97 Å². The minimum atomic E-state index is -0.942. The van der Waals surface area contributed by atoms with Gasteiger partial charge in [-0.15, -0.1) is 0 Å². The maximum atomic E-state index is 12.0. The van der Waals surface area contributed by atoms with E-state index in [4.69, 9.17) is 9.84 Å². The molecule has 0 radical (unpaired) electrons. The van der Waals surface area contributed by atoms with E-state index < -0.39 is 17.9 Å². The van der Waals surface area contributed by atoms with Crippen molar-refractivity contribution in [1.82, 2.24) is 5.32 Å². The molecule has 1 aliphatic rings. The smallest absolute Gasteiger partial charge is 0.311 e. The van der Waals surface area contributed by atoms with E-state index in [-0.39, 0.29) is 19.1 Å². The zero-order chi connectivity index (χ0) is 13.1. The van der Waals surface area contributed by atoms with Gasteiger partial charge < -0.3 is 15.2 Å². The standard InChI is InChI=1S/C13H15NO4/c1-8-4-2-3-5-9(8)12(15)14-11-7-18-6-10(11)13(16)17/h2-5,10-11H,6-7H2,1H3,(H,14,15)(H,16,17). The number of rotatable bonds is 3. The average molecular weight is 249 g/mol. The molecule has 0 saturated carbocycles. The summed E-state index contributed by atoms with van der Waals surface area (Å²) in [7, 11) is 0. The van der Waals surface area contributed by atoms with Crippen LogP contribution in [0, 0.1) is 12.8 Å². The third-order valence-corrected chi connectivity index (χ3v) is 3.10. The van der Waals surface area contributed by atoms with E-state index in [0.29, 0.717) is 5.56 Å². The lowest BCUT2D eigenvalue weighted by atomic mass is 10.0. The van der Waals surface area contributed by atoms with Crippen molar-refractivity contribution in [1.29, 1.82) is 0 Å². The lowest BCUT2D eigenvalue weighted by Gasteiger charge is -2.16. The highest BCUT2D eigenvalue weighted by Crippen LogP contribution is 2.15. The van der Waals surface area contributed by atoms with Gasteiger partial charge in [0.15, 0.2) is 0 Å². The summed E-state index contributed by atoms with van der Waals surface area (Å²) >= 11 is 0. The minimum Gasteiger partial charge on any atom is -0.481 e. The number of carbonyl (C=O) groups excluding carboxylic acids is 1. The van der Waals surface area contributed by atoms with Crippen molar-refractivity contribution in [3.8, 4) is 0 Å². The lowest BCUT2D eigenvalue weighted by molar-refractivity contribution is -0.142. The number of carboxylic acids is 1. The molecule has 1 aromatic carbocycles. The third-order valence-electron chi connectivity index (χ3n) is 3.10. The van der Waals surface area contributed by atoms with Crippen molar-refractivity contribution in [2.75, 3.05) is 13.2 Å². The number of carboxylic acid groups (broad SMARTS) is 1. The molecule has 0 spiro atoms. The molecule has 2 atom stereocenters. The van der Waals surface area contributed by atoms with Gasteiger partial charge in [0.1, 0.15) is 5.92 Å². The topological polar surface area (TPSA) is 75.6 Å². The SMILES string of the molecule is Cc1ccccc1C(=O)NC1COCC1C(=O)O. The predicted molar refractivity (Wildman–Crippen MR) is 64.4 cm³/mol. The Kier molecular flexibility index (Phi) is 3.62. The fourth-order valence-corrected chi connectivity index (χ4v) is 2.01. The molecule has 2 N–H and O–H groups in total. The van der Waals surface area contributed by atoms with Gasteiger partial charge in [-0.3, -0.25) is 9.59 Å². The third kappa shape index (κ3) is 2.51. The van der Waals surface area contributed by atoms with Gasteiger partial charge in [0.25, 0.3) is 5.91 Å². The molecular formula is C13H15NO4. The Morgan fingerprint density at radius 2 is 2.06 bits per heavy atom.